The summed E-state index contributed by atoms with van der Waals surface area (Å²) < 4.78 is 0. The van der Waals surface area contributed by atoms with Gasteiger partial charge < -0.3 is 11.5 Å². The number of carbonyl (C=O) groups is 1. The van der Waals surface area contributed by atoms with E-state index in [2.05, 4.69) is 4.98 Å². The van der Waals surface area contributed by atoms with E-state index in [4.69, 9.17) is 11.5 Å². The van der Waals surface area contributed by atoms with Crippen LogP contribution in [0.3, 0.4) is 0 Å². The van der Waals surface area contributed by atoms with Crippen LogP contribution >= 0.6 is 0 Å². The molecule has 2 aromatic rings. The Morgan fingerprint density at radius 1 is 1.29 bits per heavy atom. The lowest BCUT2D eigenvalue weighted by molar-refractivity contribution is 0.1000. The number of aromatic nitrogens is 1. The molecule has 1 heterocycles. The van der Waals surface area contributed by atoms with Gasteiger partial charge in [0.2, 0.25) is 5.91 Å². The second-order valence-electron chi connectivity index (χ2n) is 3.81. The number of carbonyl (C=O) groups excluding carboxylic acids is 1. The Kier molecular flexibility index (Phi) is 2.78. The van der Waals surface area contributed by atoms with Gasteiger partial charge in [0.25, 0.3) is 0 Å². The van der Waals surface area contributed by atoms with Crippen molar-refractivity contribution in [3.8, 4) is 11.1 Å². The van der Waals surface area contributed by atoms with Crippen molar-refractivity contribution in [1.29, 1.82) is 0 Å². The van der Waals surface area contributed by atoms with Gasteiger partial charge in [-0.15, -0.1) is 0 Å². The summed E-state index contributed by atoms with van der Waals surface area (Å²) in [6.07, 6.45) is 3.43. The monoisotopic (exact) mass is 227 g/mol. The van der Waals surface area contributed by atoms with Gasteiger partial charge in [0.05, 0.1) is 0 Å². The summed E-state index contributed by atoms with van der Waals surface area (Å²) in [4.78, 5) is 15.2. The van der Waals surface area contributed by atoms with Crippen LogP contribution in [0, 0.1) is 6.92 Å². The maximum Gasteiger partial charge on any atom is 0.249 e. The number of rotatable bonds is 2. The molecular weight excluding hydrogens is 214 g/mol. The number of benzene rings is 1. The number of pyridine rings is 1. The van der Waals surface area contributed by atoms with E-state index < -0.39 is 5.91 Å². The first-order valence-corrected chi connectivity index (χ1v) is 5.20. The second-order valence-corrected chi connectivity index (χ2v) is 3.81. The van der Waals surface area contributed by atoms with Gasteiger partial charge >= 0.3 is 0 Å². The molecule has 1 amide bonds. The molecule has 0 saturated heterocycles. The summed E-state index contributed by atoms with van der Waals surface area (Å²) in [5.41, 5.74) is 14.8. The average molecular weight is 227 g/mol. The van der Waals surface area contributed by atoms with Crippen molar-refractivity contribution in [2.75, 3.05) is 5.73 Å². The van der Waals surface area contributed by atoms with Crippen molar-refractivity contribution in [1.82, 2.24) is 4.98 Å². The van der Waals surface area contributed by atoms with Crippen LogP contribution in [0.2, 0.25) is 0 Å². The summed E-state index contributed by atoms with van der Waals surface area (Å²) in [6, 6.07) is 7.24. The zero-order valence-electron chi connectivity index (χ0n) is 9.47. The Hall–Kier alpha value is -2.36. The summed E-state index contributed by atoms with van der Waals surface area (Å²) in [5, 5.41) is 0. The molecule has 0 aliphatic carbocycles. The predicted octanol–water partition coefficient (Wildman–Crippen LogP) is 1.74. The molecule has 1 aromatic carbocycles. The molecule has 17 heavy (non-hydrogen) atoms. The van der Waals surface area contributed by atoms with Crippen LogP contribution in [0.25, 0.3) is 11.1 Å². The van der Waals surface area contributed by atoms with Crippen LogP contribution in [0.5, 0.6) is 0 Å². The smallest absolute Gasteiger partial charge is 0.249 e. The summed E-state index contributed by atoms with van der Waals surface area (Å²) >= 11 is 0. The fraction of sp³-hybridized carbons (Fsp3) is 0.0769. The van der Waals surface area contributed by atoms with Crippen molar-refractivity contribution in [3.63, 3.8) is 0 Å². The van der Waals surface area contributed by atoms with Crippen molar-refractivity contribution < 1.29 is 4.79 Å². The molecule has 0 radical (unpaired) electrons. The fourth-order valence-corrected chi connectivity index (χ4v) is 1.77. The Morgan fingerprint density at radius 3 is 2.65 bits per heavy atom. The molecule has 0 unspecified atom stereocenters. The Morgan fingerprint density at radius 2 is 2.06 bits per heavy atom. The highest BCUT2D eigenvalue weighted by Crippen LogP contribution is 2.29. The van der Waals surface area contributed by atoms with E-state index in [1.54, 1.807) is 31.5 Å². The van der Waals surface area contributed by atoms with Gasteiger partial charge in [0.15, 0.2) is 0 Å². The summed E-state index contributed by atoms with van der Waals surface area (Å²) in [5.74, 6) is -0.466. The zero-order chi connectivity index (χ0) is 12.4. The Balaban J connectivity index is 2.60. The van der Waals surface area contributed by atoms with E-state index in [1.165, 1.54) is 0 Å². The van der Waals surface area contributed by atoms with Crippen LogP contribution in [0.15, 0.2) is 36.7 Å². The van der Waals surface area contributed by atoms with Crippen LogP contribution in [-0.2, 0) is 0 Å². The van der Waals surface area contributed by atoms with E-state index in [1.807, 2.05) is 12.1 Å². The molecule has 0 saturated carbocycles. The van der Waals surface area contributed by atoms with Gasteiger partial charge in [-0.3, -0.25) is 9.78 Å². The molecule has 0 bridgehead atoms. The van der Waals surface area contributed by atoms with Crippen LogP contribution in [-0.4, -0.2) is 10.9 Å². The van der Waals surface area contributed by atoms with Gasteiger partial charge in [-0.05, 0) is 24.6 Å². The number of nitrogens with two attached hydrogens (primary N) is 2. The first-order chi connectivity index (χ1) is 8.11. The topological polar surface area (TPSA) is 82.0 Å². The molecule has 86 valence electrons. The first-order valence-electron chi connectivity index (χ1n) is 5.20. The van der Waals surface area contributed by atoms with Crippen LogP contribution in [0.1, 0.15) is 15.9 Å². The van der Waals surface area contributed by atoms with Crippen molar-refractivity contribution >= 4 is 11.6 Å². The molecule has 4 heteroatoms. The predicted molar refractivity (Wildman–Crippen MR) is 67.3 cm³/mol. The minimum Gasteiger partial charge on any atom is -0.398 e. The van der Waals surface area contributed by atoms with Gasteiger partial charge in [-0.25, -0.2) is 0 Å². The van der Waals surface area contributed by atoms with E-state index in [-0.39, 0.29) is 0 Å². The number of nitrogen functional groups attached to an aromatic ring is 1. The maximum atomic E-state index is 11.2. The van der Waals surface area contributed by atoms with Crippen molar-refractivity contribution in [2.45, 2.75) is 6.92 Å². The molecule has 0 spiro atoms. The third kappa shape index (κ3) is 1.97. The van der Waals surface area contributed by atoms with Crippen LogP contribution < -0.4 is 11.5 Å². The van der Waals surface area contributed by atoms with Gasteiger partial charge in [-0.2, -0.15) is 0 Å². The lowest BCUT2D eigenvalue weighted by Crippen LogP contribution is -2.13. The van der Waals surface area contributed by atoms with E-state index in [9.17, 15) is 4.79 Å². The quantitative estimate of drug-likeness (QED) is 0.766. The minimum absolute atomic E-state index is 0.454. The van der Waals surface area contributed by atoms with Gasteiger partial charge in [-0.1, -0.05) is 12.1 Å². The summed E-state index contributed by atoms with van der Waals surface area (Å²) in [6.45, 7) is 1.79. The van der Waals surface area contributed by atoms with Crippen LogP contribution in [0.4, 0.5) is 5.69 Å². The molecule has 0 aliphatic heterocycles. The average Bonchev–Trinajstić information content (AvgIpc) is 2.33. The minimum atomic E-state index is -0.466. The van der Waals surface area contributed by atoms with Crippen molar-refractivity contribution in [3.05, 3.63) is 47.8 Å². The van der Waals surface area contributed by atoms with Crippen molar-refractivity contribution in [2.24, 2.45) is 5.73 Å². The third-order valence-electron chi connectivity index (χ3n) is 2.75. The Labute approximate surface area is 99.3 Å². The lowest BCUT2D eigenvalue weighted by Gasteiger charge is -2.11. The summed E-state index contributed by atoms with van der Waals surface area (Å²) in [7, 11) is 0. The Bertz CT molecular complexity index is 564. The zero-order valence-corrected chi connectivity index (χ0v) is 9.47. The SMILES string of the molecule is Cc1c(C(N)=O)ccc(-c2cccnc2)c1N. The number of primary amides is 1. The third-order valence-corrected chi connectivity index (χ3v) is 2.75. The number of hydrogen-bond donors (Lipinski definition) is 2. The number of anilines is 1. The van der Waals surface area contributed by atoms with Gasteiger partial charge in [0.1, 0.15) is 0 Å². The molecular formula is C13H13N3O. The molecule has 0 atom stereocenters. The molecule has 4 nitrogen and oxygen atoms in total. The highest BCUT2D eigenvalue weighted by molar-refractivity contribution is 5.97. The van der Waals surface area contributed by atoms with Gasteiger partial charge in [0, 0.05) is 34.8 Å². The molecule has 4 N–H and O–H groups in total. The molecule has 0 aliphatic rings. The standard InChI is InChI=1S/C13H13N3O/c1-8-10(13(15)17)4-5-11(12(8)14)9-3-2-6-16-7-9/h2-7H,14H2,1H3,(H2,15,17). The molecule has 1 aromatic heterocycles. The first kappa shape index (κ1) is 11.1. The maximum absolute atomic E-state index is 11.2. The van der Waals surface area contributed by atoms with E-state index in [0.29, 0.717) is 16.8 Å². The largest absolute Gasteiger partial charge is 0.398 e. The lowest BCUT2D eigenvalue weighted by atomic mass is 9.98. The number of amides is 1. The van der Waals surface area contributed by atoms with E-state index >= 15 is 0 Å². The normalized spacial score (nSPS) is 10.2. The highest BCUT2D eigenvalue weighted by atomic mass is 16.1. The van der Waals surface area contributed by atoms with E-state index in [0.717, 1.165) is 11.1 Å². The number of nitrogens with zero attached hydrogens (tertiary/aromatic N) is 1. The number of hydrogen-bond acceptors (Lipinski definition) is 3. The highest BCUT2D eigenvalue weighted by Gasteiger charge is 2.11. The molecule has 0 fully saturated rings. The fourth-order valence-electron chi connectivity index (χ4n) is 1.77. The second kappa shape index (κ2) is 4.25. The molecule has 2 rings (SSSR count).